The van der Waals surface area contributed by atoms with Crippen molar-refractivity contribution in [3.63, 3.8) is 0 Å². The van der Waals surface area contributed by atoms with E-state index in [0.717, 1.165) is 12.8 Å². The van der Waals surface area contributed by atoms with Crippen molar-refractivity contribution in [2.24, 2.45) is 10.8 Å². The molecule has 0 N–H and O–H groups in total. The van der Waals surface area contributed by atoms with Crippen molar-refractivity contribution in [3.8, 4) is 0 Å². The fourth-order valence-electron chi connectivity index (χ4n) is 5.55. The van der Waals surface area contributed by atoms with E-state index in [1.165, 1.54) is 22.3 Å². The number of hydrogen-bond acceptors (Lipinski definition) is 0. The summed E-state index contributed by atoms with van der Waals surface area (Å²) in [6.07, 6.45) is 2.23. The van der Waals surface area contributed by atoms with Crippen LogP contribution in [0.25, 0.3) is 10.4 Å². The van der Waals surface area contributed by atoms with Gasteiger partial charge < -0.3 is 0 Å². The van der Waals surface area contributed by atoms with E-state index in [9.17, 15) is 0 Å². The van der Waals surface area contributed by atoms with Crippen molar-refractivity contribution in [2.75, 3.05) is 0 Å². The van der Waals surface area contributed by atoms with Gasteiger partial charge in [0, 0.05) is 0 Å². The van der Waals surface area contributed by atoms with Crippen molar-refractivity contribution in [2.45, 2.75) is 67.5 Å². The normalized spacial score (nSPS) is 17.1. The van der Waals surface area contributed by atoms with E-state index < -0.39 is 8.07 Å². The van der Waals surface area contributed by atoms with Gasteiger partial charge in [0.25, 0.3) is 0 Å². The van der Waals surface area contributed by atoms with Crippen LogP contribution >= 0.6 is 0 Å². The molecule has 0 saturated heterocycles. The van der Waals surface area contributed by atoms with Gasteiger partial charge in [-0.3, -0.25) is 0 Å². The molecule has 0 fully saturated rings. The lowest BCUT2D eigenvalue weighted by Gasteiger charge is -2.36. The summed E-state index contributed by atoms with van der Waals surface area (Å²) in [7, 11) is -1.93. The smallest absolute Gasteiger partial charge is 0.0619 e. The maximum absolute atomic E-state index is 2.61. The Morgan fingerprint density at radius 2 is 0.931 bits per heavy atom. The van der Waals surface area contributed by atoms with E-state index >= 15 is 0 Å². The lowest BCUT2D eigenvalue weighted by atomic mass is 9.85. The van der Waals surface area contributed by atoms with Crippen LogP contribution in [0.15, 0.2) is 59.7 Å². The van der Waals surface area contributed by atoms with Crippen LogP contribution in [0.5, 0.6) is 0 Å². The molecule has 152 valence electrons. The second-order valence-corrected chi connectivity index (χ2v) is 15.7. The highest BCUT2D eigenvalue weighted by Crippen LogP contribution is 2.53. The van der Waals surface area contributed by atoms with Crippen molar-refractivity contribution < 1.29 is 0 Å². The van der Waals surface area contributed by atoms with Gasteiger partial charge in [-0.15, -0.1) is 0 Å². The van der Waals surface area contributed by atoms with Crippen molar-refractivity contribution in [3.05, 3.63) is 81.9 Å². The molecule has 0 amide bonds. The summed E-state index contributed by atoms with van der Waals surface area (Å²) in [6.45, 7) is 19.6. The quantitative estimate of drug-likeness (QED) is 0.450. The van der Waals surface area contributed by atoms with Crippen molar-refractivity contribution in [1.29, 1.82) is 0 Å². The second-order valence-electron chi connectivity index (χ2n) is 11.5. The van der Waals surface area contributed by atoms with Gasteiger partial charge in [-0.1, -0.05) is 114 Å². The molecule has 0 radical (unpaired) electrons. The van der Waals surface area contributed by atoms with Gasteiger partial charge in [-0.2, -0.15) is 0 Å². The molecule has 0 aliphatic heterocycles. The monoisotopic (exact) mass is 400 g/mol. The van der Waals surface area contributed by atoms with Crippen molar-refractivity contribution >= 4 is 18.5 Å². The lowest BCUT2D eigenvalue weighted by Crippen LogP contribution is -2.34. The lowest BCUT2D eigenvalue weighted by molar-refractivity contribution is 0.497. The van der Waals surface area contributed by atoms with Crippen molar-refractivity contribution in [1.82, 2.24) is 0 Å². The predicted octanol–water partition coefficient (Wildman–Crippen LogP) is 7.89. The predicted molar refractivity (Wildman–Crippen MR) is 131 cm³/mol. The zero-order valence-electron chi connectivity index (χ0n) is 19.5. The summed E-state index contributed by atoms with van der Waals surface area (Å²) in [6, 6.07) is 18.4. The Morgan fingerprint density at radius 3 is 1.28 bits per heavy atom. The minimum Gasteiger partial charge on any atom is -0.0619 e. The molecule has 0 saturated carbocycles. The molecular formula is C28H36Si. The van der Waals surface area contributed by atoms with Crippen LogP contribution in [0.2, 0.25) is 13.1 Å². The molecule has 0 spiro atoms. The number of allylic oxidation sites excluding steroid dienone is 2. The molecular weight excluding hydrogens is 364 g/mol. The molecule has 0 nitrogen and oxygen atoms in total. The summed E-state index contributed by atoms with van der Waals surface area (Å²) >= 11 is 0. The maximum Gasteiger partial charge on any atom is 0.113 e. The molecule has 1 heteroatoms. The Kier molecular flexibility index (Phi) is 4.62. The van der Waals surface area contributed by atoms with E-state index in [0.29, 0.717) is 0 Å². The second kappa shape index (κ2) is 6.57. The third-order valence-corrected chi connectivity index (χ3v) is 10.6. The molecule has 0 aromatic heterocycles. The Labute approximate surface area is 178 Å². The average molecular weight is 401 g/mol. The summed E-state index contributed by atoms with van der Waals surface area (Å²) in [4.78, 5) is 0. The summed E-state index contributed by atoms with van der Waals surface area (Å²) in [5.41, 5.74) is 9.83. The first-order chi connectivity index (χ1) is 13.4. The molecule has 0 bridgehead atoms. The Balaban J connectivity index is 2.02. The Hall–Kier alpha value is -1.86. The fourth-order valence-corrected chi connectivity index (χ4v) is 10.1. The fraction of sp³-hybridized carbons (Fsp3) is 0.429. The van der Waals surface area contributed by atoms with Crippen LogP contribution < -0.4 is 0 Å². The third-order valence-electron chi connectivity index (χ3n) is 6.97. The molecule has 0 heterocycles. The molecule has 0 atom stereocenters. The third kappa shape index (κ3) is 3.28. The molecule has 2 aromatic carbocycles. The number of benzene rings is 2. The standard InChI is InChI=1S/C28H36Si/c1-27(2,3)23-17-19-13-9-11-15-21(19)25(23)29(7,8)26-22-16-12-10-14-20(22)18-24(26)28(4,5)6/h9-16H,17-18H2,1-8H3. The van der Waals surface area contributed by atoms with Gasteiger partial charge in [-0.05, 0) is 56.3 Å². The van der Waals surface area contributed by atoms with E-state index in [1.54, 1.807) is 21.5 Å². The van der Waals surface area contributed by atoms with Crippen LogP contribution in [0.3, 0.4) is 0 Å². The molecule has 2 aliphatic rings. The van der Waals surface area contributed by atoms with Gasteiger partial charge in [0.15, 0.2) is 0 Å². The van der Waals surface area contributed by atoms with Gasteiger partial charge in [-0.25, -0.2) is 0 Å². The summed E-state index contributed by atoms with van der Waals surface area (Å²) < 4.78 is 0. The molecule has 2 aliphatic carbocycles. The van der Waals surface area contributed by atoms with Crippen LogP contribution in [-0.4, -0.2) is 8.07 Å². The van der Waals surface area contributed by atoms with Crippen LogP contribution in [0.4, 0.5) is 0 Å². The topological polar surface area (TPSA) is 0 Å². The molecule has 2 aromatic rings. The van der Waals surface area contributed by atoms with Gasteiger partial charge in [0.1, 0.15) is 8.07 Å². The van der Waals surface area contributed by atoms with E-state index in [4.69, 9.17) is 0 Å². The Bertz CT molecular complexity index is 949. The highest BCUT2D eigenvalue weighted by Gasteiger charge is 2.45. The SMILES string of the molecule is CC(C)(C)C1=C([Si](C)(C)C2=C(C(C)(C)C)Cc3ccccc32)c2ccccc2C1. The molecule has 4 rings (SSSR count). The first-order valence-electron chi connectivity index (χ1n) is 11.1. The molecule has 0 unspecified atom stereocenters. The van der Waals surface area contributed by atoms with Gasteiger partial charge in [0.05, 0.1) is 0 Å². The van der Waals surface area contributed by atoms with Crippen LogP contribution in [0.1, 0.15) is 63.8 Å². The first-order valence-corrected chi connectivity index (χ1v) is 14.1. The maximum atomic E-state index is 2.61. The highest BCUT2D eigenvalue weighted by molar-refractivity contribution is 7.09. The summed E-state index contributed by atoms with van der Waals surface area (Å²) in [5, 5.41) is 3.41. The average Bonchev–Trinajstić information content (AvgIpc) is 3.21. The molecule has 29 heavy (non-hydrogen) atoms. The zero-order valence-corrected chi connectivity index (χ0v) is 20.5. The summed E-state index contributed by atoms with van der Waals surface area (Å²) in [5.74, 6) is 0. The number of fused-ring (bicyclic) bond motifs is 2. The van der Waals surface area contributed by atoms with Crippen LogP contribution in [0, 0.1) is 10.8 Å². The van der Waals surface area contributed by atoms with Gasteiger partial charge >= 0.3 is 0 Å². The van der Waals surface area contributed by atoms with Gasteiger partial charge in [0.2, 0.25) is 0 Å². The number of rotatable bonds is 2. The van der Waals surface area contributed by atoms with E-state index in [-0.39, 0.29) is 10.8 Å². The van der Waals surface area contributed by atoms with E-state index in [2.05, 4.69) is 103 Å². The minimum atomic E-state index is -1.93. The largest absolute Gasteiger partial charge is 0.113 e. The van der Waals surface area contributed by atoms with Crippen LogP contribution in [-0.2, 0) is 12.8 Å². The zero-order chi connectivity index (χ0) is 21.2. The number of hydrogen-bond donors (Lipinski definition) is 0. The van der Waals surface area contributed by atoms with E-state index in [1.807, 2.05) is 0 Å². The first kappa shape index (κ1) is 20.4. The highest BCUT2D eigenvalue weighted by atomic mass is 28.3. The Morgan fingerprint density at radius 1 is 0.586 bits per heavy atom. The minimum absolute atomic E-state index is 0.194.